The third kappa shape index (κ3) is 5.20. The number of carbonyl (C=O) groups excluding carboxylic acids is 1. The first-order chi connectivity index (χ1) is 9.08. The Balaban J connectivity index is 2.62. The monoisotopic (exact) mass is 303 g/mol. The highest BCUT2D eigenvalue weighted by atomic mass is 32.2. The van der Waals surface area contributed by atoms with E-state index in [1.165, 1.54) is 0 Å². The minimum atomic E-state index is -1.03. The zero-order chi connectivity index (χ0) is 14.3. The smallest absolute Gasteiger partial charge is 0.326 e. The Kier molecular flexibility index (Phi) is 6.86. The summed E-state index contributed by atoms with van der Waals surface area (Å²) in [5, 5.41) is 11.5. The number of carboxylic acids is 1. The predicted molar refractivity (Wildman–Crippen MR) is 77.8 cm³/mol. The highest BCUT2D eigenvalue weighted by molar-refractivity contribution is 7.98. The second-order valence-corrected chi connectivity index (χ2v) is 5.70. The van der Waals surface area contributed by atoms with Gasteiger partial charge in [-0.15, -0.1) is 0 Å². The van der Waals surface area contributed by atoms with E-state index in [1.54, 1.807) is 35.7 Å². The first-order valence-corrected chi connectivity index (χ1v) is 8.47. The van der Waals surface area contributed by atoms with Crippen LogP contribution < -0.4 is 5.32 Å². The Morgan fingerprint density at radius 2 is 2.11 bits per heavy atom. The van der Waals surface area contributed by atoms with Gasteiger partial charge in [0.15, 0.2) is 5.76 Å². The van der Waals surface area contributed by atoms with Crippen LogP contribution in [-0.4, -0.2) is 41.3 Å². The van der Waals surface area contributed by atoms with Gasteiger partial charge in [0.1, 0.15) is 11.8 Å². The molecular weight excluding hydrogens is 286 g/mol. The maximum absolute atomic E-state index is 11.9. The number of rotatable bonds is 8. The summed E-state index contributed by atoms with van der Waals surface area (Å²) in [6.45, 7) is 0. The molecule has 19 heavy (non-hydrogen) atoms. The Morgan fingerprint density at radius 3 is 2.68 bits per heavy atom. The van der Waals surface area contributed by atoms with Crippen LogP contribution in [0.3, 0.4) is 0 Å². The number of amides is 1. The Morgan fingerprint density at radius 1 is 1.37 bits per heavy atom. The maximum Gasteiger partial charge on any atom is 0.326 e. The molecule has 0 unspecified atom stereocenters. The summed E-state index contributed by atoms with van der Waals surface area (Å²) < 4.78 is 5.34. The molecule has 2 N–H and O–H groups in total. The second kappa shape index (κ2) is 8.16. The third-order valence-electron chi connectivity index (χ3n) is 2.39. The standard InChI is InChI=1S/C12H17NO4S2/c1-18-6-5-9(12(15)16)13-11(14)10-4-3-8(17-10)7-19-2/h3-4,9H,5-7H2,1-2H3,(H,13,14)(H,15,16)/t9-/m0/s1. The predicted octanol–water partition coefficient (Wildman–Crippen LogP) is 2.08. The van der Waals surface area contributed by atoms with E-state index in [-0.39, 0.29) is 5.76 Å². The molecule has 0 radical (unpaired) electrons. The van der Waals surface area contributed by atoms with E-state index in [4.69, 9.17) is 9.52 Å². The van der Waals surface area contributed by atoms with Crippen LogP contribution in [0.5, 0.6) is 0 Å². The molecule has 5 nitrogen and oxygen atoms in total. The molecule has 0 aliphatic heterocycles. The topological polar surface area (TPSA) is 79.5 Å². The number of hydrogen-bond donors (Lipinski definition) is 2. The van der Waals surface area contributed by atoms with Crippen LogP contribution in [0, 0.1) is 0 Å². The summed E-state index contributed by atoms with van der Waals surface area (Å²) >= 11 is 3.13. The third-order valence-corrected chi connectivity index (χ3v) is 3.60. The molecule has 1 heterocycles. The van der Waals surface area contributed by atoms with Gasteiger partial charge in [0.2, 0.25) is 0 Å². The Bertz CT molecular complexity index is 433. The van der Waals surface area contributed by atoms with Crippen molar-refractivity contribution in [3.05, 3.63) is 23.7 Å². The van der Waals surface area contributed by atoms with Crippen LogP contribution in [-0.2, 0) is 10.5 Å². The van der Waals surface area contributed by atoms with E-state index in [2.05, 4.69) is 5.32 Å². The van der Waals surface area contributed by atoms with Gasteiger partial charge < -0.3 is 14.8 Å². The largest absolute Gasteiger partial charge is 0.480 e. The van der Waals surface area contributed by atoms with Crippen LogP contribution >= 0.6 is 23.5 Å². The van der Waals surface area contributed by atoms with Crippen LogP contribution in [0.4, 0.5) is 0 Å². The number of hydrogen-bond acceptors (Lipinski definition) is 5. The van der Waals surface area contributed by atoms with Crippen molar-refractivity contribution in [2.24, 2.45) is 0 Å². The number of nitrogens with one attached hydrogen (secondary N) is 1. The number of furan rings is 1. The summed E-state index contributed by atoms with van der Waals surface area (Å²) in [4.78, 5) is 22.9. The molecule has 1 aromatic heterocycles. The highest BCUT2D eigenvalue weighted by Gasteiger charge is 2.21. The molecule has 0 saturated carbocycles. The number of carboxylic acid groups (broad SMARTS) is 1. The molecule has 0 aliphatic carbocycles. The van der Waals surface area contributed by atoms with Crippen LogP contribution in [0.1, 0.15) is 22.7 Å². The molecule has 0 bridgehead atoms. The van der Waals surface area contributed by atoms with Crippen molar-refractivity contribution >= 4 is 35.4 Å². The Hall–Kier alpha value is -1.08. The number of carbonyl (C=O) groups is 2. The lowest BCUT2D eigenvalue weighted by Gasteiger charge is -2.12. The lowest BCUT2D eigenvalue weighted by Crippen LogP contribution is -2.41. The van der Waals surface area contributed by atoms with Gasteiger partial charge in [0.25, 0.3) is 5.91 Å². The van der Waals surface area contributed by atoms with Crippen molar-refractivity contribution in [2.45, 2.75) is 18.2 Å². The van der Waals surface area contributed by atoms with Gasteiger partial charge in [0.05, 0.1) is 5.75 Å². The average Bonchev–Trinajstić information content (AvgIpc) is 2.83. The van der Waals surface area contributed by atoms with E-state index in [1.807, 2.05) is 12.5 Å². The van der Waals surface area contributed by atoms with Crippen LogP contribution in [0.25, 0.3) is 0 Å². The quantitative estimate of drug-likeness (QED) is 0.765. The van der Waals surface area contributed by atoms with Gasteiger partial charge in [-0.25, -0.2) is 4.79 Å². The van der Waals surface area contributed by atoms with Crippen molar-refractivity contribution in [1.29, 1.82) is 0 Å². The van der Waals surface area contributed by atoms with Gasteiger partial charge in [-0.3, -0.25) is 4.79 Å². The van der Waals surface area contributed by atoms with Crippen molar-refractivity contribution < 1.29 is 19.1 Å². The summed E-state index contributed by atoms with van der Waals surface area (Å²) in [7, 11) is 0. The van der Waals surface area contributed by atoms with Gasteiger partial charge in [-0.2, -0.15) is 23.5 Å². The fourth-order valence-electron chi connectivity index (χ4n) is 1.44. The molecule has 0 aromatic carbocycles. The van der Waals surface area contributed by atoms with Gasteiger partial charge >= 0.3 is 5.97 Å². The first-order valence-electron chi connectivity index (χ1n) is 5.68. The number of thioether (sulfide) groups is 2. The molecule has 0 spiro atoms. The SMILES string of the molecule is CSCC[C@H](NC(=O)c1ccc(CSC)o1)C(=O)O. The molecule has 1 amide bonds. The summed E-state index contributed by atoms with van der Waals surface area (Å²) in [5.74, 6) is 0.696. The van der Waals surface area contributed by atoms with Crippen LogP contribution in [0.15, 0.2) is 16.5 Å². The fraction of sp³-hybridized carbons (Fsp3) is 0.500. The summed E-state index contributed by atoms with van der Waals surface area (Å²) in [6.07, 6.45) is 4.22. The van der Waals surface area contributed by atoms with Gasteiger partial charge in [0, 0.05) is 0 Å². The maximum atomic E-state index is 11.9. The highest BCUT2D eigenvalue weighted by Crippen LogP contribution is 2.13. The zero-order valence-corrected chi connectivity index (χ0v) is 12.5. The normalized spacial score (nSPS) is 12.1. The average molecular weight is 303 g/mol. The minimum absolute atomic E-state index is 0.152. The van der Waals surface area contributed by atoms with Crippen molar-refractivity contribution in [3.8, 4) is 0 Å². The molecule has 7 heteroatoms. The van der Waals surface area contributed by atoms with Crippen molar-refractivity contribution in [1.82, 2.24) is 5.32 Å². The van der Waals surface area contributed by atoms with Crippen LogP contribution in [0.2, 0.25) is 0 Å². The molecule has 106 valence electrons. The van der Waals surface area contributed by atoms with E-state index < -0.39 is 17.9 Å². The van der Waals surface area contributed by atoms with E-state index >= 15 is 0 Å². The molecular formula is C12H17NO4S2. The van der Waals surface area contributed by atoms with Gasteiger partial charge in [-0.1, -0.05) is 0 Å². The molecule has 1 rings (SSSR count). The number of aliphatic carboxylic acids is 1. The fourth-order valence-corrected chi connectivity index (χ4v) is 2.35. The van der Waals surface area contributed by atoms with Gasteiger partial charge in [-0.05, 0) is 36.8 Å². The lowest BCUT2D eigenvalue weighted by molar-refractivity contribution is -0.139. The Labute approximate surface area is 120 Å². The van der Waals surface area contributed by atoms with Crippen molar-refractivity contribution in [2.75, 3.05) is 18.3 Å². The summed E-state index contributed by atoms with van der Waals surface area (Å²) in [6, 6.07) is 2.41. The molecule has 0 aliphatic rings. The van der Waals surface area contributed by atoms with E-state index in [0.29, 0.717) is 23.7 Å². The molecule has 0 fully saturated rings. The summed E-state index contributed by atoms with van der Waals surface area (Å²) in [5.41, 5.74) is 0. The lowest BCUT2D eigenvalue weighted by atomic mass is 10.2. The zero-order valence-electron chi connectivity index (χ0n) is 10.8. The molecule has 1 atom stereocenters. The second-order valence-electron chi connectivity index (χ2n) is 3.84. The minimum Gasteiger partial charge on any atom is -0.480 e. The molecule has 0 saturated heterocycles. The van der Waals surface area contributed by atoms with E-state index in [0.717, 1.165) is 0 Å². The van der Waals surface area contributed by atoms with E-state index in [9.17, 15) is 9.59 Å². The molecule has 1 aromatic rings. The first kappa shape index (κ1) is 16.0. The van der Waals surface area contributed by atoms with Crippen molar-refractivity contribution in [3.63, 3.8) is 0 Å².